The first-order valence-corrected chi connectivity index (χ1v) is 6.38. The quantitative estimate of drug-likeness (QED) is 0.748. The smallest absolute Gasteiger partial charge is 0.337 e. The van der Waals surface area contributed by atoms with Crippen molar-refractivity contribution in [2.45, 2.75) is 13.8 Å². The molecule has 1 unspecified atom stereocenters. The number of hydrogen-bond donors (Lipinski definition) is 3. The van der Waals surface area contributed by atoms with Crippen molar-refractivity contribution in [3.05, 3.63) is 28.8 Å². The molecule has 1 amide bonds. The lowest BCUT2D eigenvalue weighted by molar-refractivity contribution is -0.119. The van der Waals surface area contributed by atoms with E-state index in [1.165, 1.54) is 12.1 Å². The normalized spacial score (nSPS) is 11.9. The van der Waals surface area contributed by atoms with Crippen LogP contribution in [0.15, 0.2) is 18.2 Å². The number of carboxylic acid groups (broad SMARTS) is 1. The summed E-state index contributed by atoms with van der Waals surface area (Å²) < 4.78 is 0. The molecular weight excluding hydrogens is 268 g/mol. The van der Waals surface area contributed by atoms with Gasteiger partial charge in [-0.1, -0.05) is 25.4 Å². The Bertz CT molecular complexity index is 477. The third-order valence-electron chi connectivity index (χ3n) is 2.61. The second-order valence-electron chi connectivity index (χ2n) is 4.20. The van der Waals surface area contributed by atoms with Gasteiger partial charge in [-0.15, -0.1) is 0 Å². The molecule has 19 heavy (non-hydrogen) atoms. The van der Waals surface area contributed by atoms with Crippen molar-refractivity contribution < 1.29 is 14.7 Å². The molecule has 1 aromatic carbocycles. The Labute approximate surface area is 117 Å². The number of carbonyl (C=O) groups excluding carboxylic acids is 1. The van der Waals surface area contributed by atoms with Crippen LogP contribution >= 0.6 is 11.6 Å². The molecule has 0 fully saturated rings. The van der Waals surface area contributed by atoms with Gasteiger partial charge in [0.25, 0.3) is 0 Å². The zero-order chi connectivity index (χ0) is 14.4. The largest absolute Gasteiger partial charge is 0.478 e. The van der Waals surface area contributed by atoms with E-state index in [9.17, 15) is 9.59 Å². The van der Waals surface area contributed by atoms with E-state index in [0.717, 1.165) is 6.54 Å². The van der Waals surface area contributed by atoms with Crippen molar-refractivity contribution in [2.24, 2.45) is 5.92 Å². The van der Waals surface area contributed by atoms with Gasteiger partial charge in [0.2, 0.25) is 5.91 Å². The number of nitrogens with one attached hydrogen (secondary N) is 2. The van der Waals surface area contributed by atoms with E-state index in [4.69, 9.17) is 16.7 Å². The summed E-state index contributed by atoms with van der Waals surface area (Å²) in [6, 6.07) is 4.38. The highest BCUT2D eigenvalue weighted by molar-refractivity contribution is 6.33. The summed E-state index contributed by atoms with van der Waals surface area (Å²) in [7, 11) is 0. The molecule has 0 bridgehead atoms. The maximum Gasteiger partial charge on any atom is 0.337 e. The molecule has 0 saturated heterocycles. The maximum absolute atomic E-state index is 11.9. The van der Waals surface area contributed by atoms with Crippen LogP contribution in [-0.2, 0) is 4.79 Å². The van der Waals surface area contributed by atoms with E-state index in [0.29, 0.717) is 12.2 Å². The molecule has 0 heterocycles. The van der Waals surface area contributed by atoms with Crippen molar-refractivity contribution in [1.82, 2.24) is 5.32 Å². The zero-order valence-corrected chi connectivity index (χ0v) is 11.6. The van der Waals surface area contributed by atoms with Crippen molar-refractivity contribution in [1.29, 1.82) is 0 Å². The summed E-state index contributed by atoms with van der Waals surface area (Å²) in [6.45, 7) is 5.12. The van der Waals surface area contributed by atoms with Crippen LogP contribution in [0.5, 0.6) is 0 Å². The van der Waals surface area contributed by atoms with Crippen LogP contribution in [-0.4, -0.2) is 30.1 Å². The van der Waals surface area contributed by atoms with Crippen LogP contribution in [0.1, 0.15) is 24.2 Å². The fraction of sp³-hybridized carbons (Fsp3) is 0.385. The Hall–Kier alpha value is -1.59. The molecule has 0 aliphatic rings. The minimum Gasteiger partial charge on any atom is -0.478 e. The highest BCUT2D eigenvalue weighted by Crippen LogP contribution is 2.20. The Balaban J connectivity index is 2.74. The summed E-state index contributed by atoms with van der Waals surface area (Å²) in [6.07, 6.45) is 0. The predicted molar refractivity (Wildman–Crippen MR) is 74.7 cm³/mol. The number of carboxylic acids is 1. The molecule has 0 spiro atoms. The van der Waals surface area contributed by atoms with Gasteiger partial charge in [0.05, 0.1) is 10.6 Å². The minimum atomic E-state index is -1.12. The number of rotatable bonds is 6. The zero-order valence-electron chi connectivity index (χ0n) is 10.9. The first kappa shape index (κ1) is 15.5. The molecule has 1 atom stereocenters. The molecular formula is C13H17ClN2O3. The monoisotopic (exact) mass is 284 g/mol. The van der Waals surface area contributed by atoms with Crippen molar-refractivity contribution in [3.8, 4) is 0 Å². The van der Waals surface area contributed by atoms with E-state index in [1.807, 2.05) is 6.92 Å². The van der Waals surface area contributed by atoms with Crippen LogP contribution < -0.4 is 10.6 Å². The molecule has 104 valence electrons. The fourth-order valence-electron chi connectivity index (χ4n) is 1.49. The molecule has 3 N–H and O–H groups in total. The summed E-state index contributed by atoms with van der Waals surface area (Å²) in [5, 5.41) is 14.8. The number of aromatic carboxylic acids is 1. The highest BCUT2D eigenvalue weighted by Gasteiger charge is 2.14. The summed E-state index contributed by atoms with van der Waals surface area (Å²) in [5.41, 5.74) is 0.397. The standard InChI is InChI=1S/C13H17ClN2O3/c1-3-15-7-8(2)12(17)16-9-4-5-11(14)10(6-9)13(18)19/h4-6,8,15H,3,7H2,1-2H3,(H,16,17)(H,18,19). The topological polar surface area (TPSA) is 78.4 Å². The van der Waals surface area contributed by atoms with Gasteiger partial charge in [0.1, 0.15) is 0 Å². The van der Waals surface area contributed by atoms with E-state index in [1.54, 1.807) is 13.0 Å². The molecule has 0 aliphatic carbocycles. The first-order chi connectivity index (χ1) is 8.95. The summed E-state index contributed by atoms with van der Waals surface area (Å²) in [4.78, 5) is 22.8. The summed E-state index contributed by atoms with van der Waals surface area (Å²) >= 11 is 5.76. The molecule has 0 aromatic heterocycles. The lowest BCUT2D eigenvalue weighted by Crippen LogP contribution is -2.30. The van der Waals surface area contributed by atoms with Gasteiger partial charge < -0.3 is 15.7 Å². The van der Waals surface area contributed by atoms with Gasteiger partial charge in [0, 0.05) is 18.2 Å². The van der Waals surface area contributed by atoms with E-state index in [-0.39, 0.29) is 22.4 Å². The van der Waals surface area contributed by atoms with Crippen LogP contribution in [0.3, 0.4) is 0 Å². The van der Waals surface area contributed by atoms with Crippen molar-refractivity contribution in [2.75, 3.05) is 18.4 Å². The van der Waals surface area contributed by atoms with Gasteiger partial charge in [0.15, 0.2) is 0 Å². The van der Waals surface area contributed by atoms with Gasteiger partial charge in [-0.2, -0.15) is 0 Å². The molecule has 1 rings (SSSR count). The average Bonchev–Trinajstić information content (AvgIpc) is 2.37. The predicted octanol–water partition coefficient (Wildman–Crippen LogP) is 2.22. The molecule has 0 saturated carbocycles. The van der Waals surface area contributed by atoms with E-state index < -0.39 is 5.97 Å². The number of anilines is 1. The molecule has 1 aromatic rings. The number of halogens is 1. The van der Waals surface area contributed by atoms with Gasteiger partial charge in [-0.05, 0) is 24.7 Å². The Morgan fingerprint density at radius 3 is 2.68 bits per heavy atom. The van der Waals surface area contributed by atoms with E-state index >= 15 is 0 Å². The minimum absolute atomic E-state index is 0.0289. The Kier molecular flexibility index (Phi) is 5.79. The third-order valence-corrected chi connectivity index (χ3v) is 2.94. The maximum atomic E-state index is 11.9. The first-order valence-electron chi connectivity index (χ1n) is 6.00. The van der Waals surface area contributed by atoms with Gasteiger partial charge in [-0.25, -0.2) is 4.79 Å². The number of carbonyl (C=O) groups is 2. The van der Waals surface area contributed by atoms with E-state index in [2.05, 4.69) is 10.6 Å². The third kappa shape index (κ3) is 4.54. The molecule has 5 nitrogen and oxygen atoms in total. The van der Waals surface area contributed by atoms with Crippen molar-refractivity contribution >= 4 is 29.2 Å². The van der Waals surface area contributed by atoms with Crippen LogP contribution in [0, 0.1) is 5.92 Å². The lowest BCUT2D eigenvalue weighted by Gasteiger charge is -2.13. The highest BCUT2D eigenvalue weighted by atomic mass is 35.5. The molecule has 6 heteroatoms. The SMILES string of the molecule is CCNCC(C)C(=O)Nc1ccc(Cl)c(C(=O)O)c1. The van der Waals surface area contributed by atoms with Crippen LogP contribution in [0.2, 0.25) is 5.02 Å². The number of amides is 1. The summed E-state index contributed by atoms with van der Waals surface area (Å²) in [5.74, 6) is -1.50. The molecule has 0 aliphatic heterocycles. The van der Waals surface area contributed by atoms with Crippen LogP contribution in [0.25, 0.3) is 0 Å². The Morgan fingerprint density at radius 2 is 2.11 bits per heavy atom. The fourth-order valence-corrected chi connectivity index (χ4v) is 1.68. The average molecular weight is 285 g/mol. The molecule has 0 radical (unpaired) electrons. The second-order valence-corrected chi connectivity index (χ2v) is 4.60. The second kappa shape index (κ2) is 7.11. The van der Waals surface area contributed by atoms with Crippen LogP contribution in [0.4, 0.5) is 5.69 Å². The number of benzene rings is 1. The Morgan fingerprint density at radius 1 is 1.42 bits per heavy atom. The van der Waals surface area contributed by atoms with Gasteiger partial charge in [-0.3, -0.25) is 4.79 Å². The lowest BCUT2D eigenvalue weighted by atomic mass is 10.1. The van der Waals surface area contributed by atoms with Gasteiger partial charge >= 0.3 is 5.97 Å². The van der Waals surface area contributed by atoms with Crippen molar-refractivity contribution in [3.63, 3.8) is 0 Å². The number of hydrogen-bond acceptors (Lipinski definition) is 3.